The molecule has 1 aliphatic carbocycles. The fourth-order valence-electron chi connectivity index (χ4n) is 2.25. The molecule has 0 bridgehead atoms. The van der Waals surface area contributed by atoms with Gasteiger partial charge in [-0.15, -0.1) is 0 Å². The lowest BCUT2D eigenvalue weighted by Gasteiger charge is -2.35. The minimum atomic E-state index is -0.770. The van der Waals surface area contributed by atoms with Gasteiger partial charge in [-0.1, -0.05) is 11.6 Å². The molecule has 0 N–H and O–H groups in total. The van der Waals surface area contributed by atoms with Gasteiger partial charge >= 0.3 is 5.97 Å². The van der Waals surface area contributed by atoms with Crippen molar-refractivity contribution in [1.82, 2.24) is 20.1 Å². The minimum absolute atomic E-state index is 0.288. The first-order valence-electron chi connectivity index (χ1n) is 6.54. The van der Waals surface area contributed by atoms with Crippen LogP contribution in [0, 0.1) is 0 Å². The van der Waals surface area contributed by atoms with Gasteiger partial charge in [0.2, 0.25) is 11.7 Å². The number of nitrogens with zero attached hydrogens (tertiary/aromatic N) is 4. The second-order valence-electron chi connectivity index (χ2n) is 4.67. The summed E-state index contributed by atoms with van der Waals surface area (Å²) < 4.78 is 10.4. The molecule has 104 valence electrons. The van der Waals surface area contributed by atoms with Crippen molar-refractivity contribution in [2.75, 3.05) is 6.61 Å². The molecule has 0 radical (unpaired) electrons. The third-order valence-corrected chi connectivity index (χ3v) is 3.52. The van der Waals surface area contributed by atoms with Crippen LogP contribution in [0.3, 0.4) is 0 Å². The van der Waals surface area contributed by atoms with Crippen LogP contribution in [-0.2, 0) is 14.9 Å². The Hall–Kier alpha value is -2.31. The van der Waals surface area contributed by atoms with Crippen LogP contribution >= 0.6 is 0 Å². The van der Waals surface area contributed by atoms with E-state index in [-0.39, 0.29) is 5.97 Å². The molecular formula is C13H14N4O3. The molecule has 0 unspecified atom stereocenters. The van der Waals surface area contributed by atoms with Crippen molar-refractivity contribution in [1.29, 1.82) is 0 Å². The van der Waals surface area contributed by atoms with Gasteiger partial charge in [0, 0.05) is 6.20 Å². The molecule has 2 heterocycles. The average molecular weight is 274 g/mol. The van der Waals surface area contributed by atoms with Crippen LogP contribution in [-0.4, -0.2) is 32.7 Å². The normalized spacial score (nSPS) is 16.4. The van der Waals surface area contributed by atoms with Gasteiger partial charge in [-0.2, -0.15) is 4.98 Å². The van der Waals surface area contributed by atoms with E-state index in [0.717, 1.165) is 6.42 Å². The molecule has 1 fully saturated rings. The molecule has 0 saturated heterocycles. The maximum Gasteiger partial charge on any atom is 0.321 e. The third kappa shape index (κ3) is 1.95. The summed E-state index contributed by atoms with van der Waals surface area (Å²) in [5.74, 6) is 0.387. The number of hydrogen-bond donors (Lipinski definition) is 0. The largest absolute Gasteiger partial charge is 0.465 e. The van der Waals surface area contributed by atoms with Gasteiger partial charge in [0.1, 0.15) is 17.4 Å². The monoisotopic (exact) mass is 274 g/mol. The Balaban J connectivity index is 1.91. The Kier molecular flexibility index (Phi) is 3.17. The summed E-state index contributed by atoms with van der Waals surface area (Å²) in [6.07, 6.45) is 5.32. The molecule has 1 saturated carbocycles. The molecule has 0 aliphatic heterocycles. The maximum absolute atomic E-state index is 12.1. The highest BCUT2D eigenvalue weighted by molar-refractivity contribution is 5.83. The molecule has 1 aliphatic rings. The van der Waals surface area contributed by atoms with Gasteiger partial charge in [0.05, 0.1) is 6.61 Å². The SMILES string of the molecule is CCOC(=O)C1(c2nc(-c3ccncn3)no2)CCC1. The molecule has 0 atom stereocenters. The number of carbonyl (C=O) groups is 1. The van der Waals surface area contributed by atoms with Crippen LogP contribution in [0.4, 0.5) is 0 Å². The summed E-state index contributed by atoms with van der Waals surface area (Å²) in [6, 6.07) is 1.69. The fraction of sp³-hybridized carbons (Fsp3) is 0.462. The summed E-state index contributed by atoms with van der Waals surface area (Å²) in [6.45, 7) is 2.12. The van der Waals surface area contributed by atoms with E-state index < -0.39 is 5.41 Å². The van der Waals surface area contributed by atoms with E-state index in [1.807, 2.05) is 0 Å². The summed E-state index contributed by atoms with van der Waals surface area (Å²) >= 11 is 0. The summed E-state index contributed by atoms with van der Waals surface area (Å²) in [7, 11) is 0. The minimum Gasteiger partial charge on any atom is -0.465 e. The smallest absolute Gasteiger partial charge is 0.321 e. The van der Waals surface area contributed by atoms with Gasteiger partial charge in [0.25, 0.3) is 0 Å². The van der Waals surface area contributed by atoms with Crippen molar-refractivity contribution in [3.63, 3.8) is 0 Å². The molecule has 3 rings (SSSR count). The van der Waals surface area contributed by atoms with Crippen LogP contribution in [0.25, 0.3) is 11.5 Å². The molecular weight excluding hydrogens is 260 g/mol. The van der Waals surface area contributed by atoms with E-state index >= 15 is 0 Å². The Bertz CT molecular complexity index is 607. The van der Waals surface area contributed by atoms with E-state index in [1.54, 1.807) is 19.2 Å². The van der Waals surface area contributed by atoms with Crippen LogP contribution < -0.4 is 0 Å². The first kappa shape index (κ1) is 12.7. The van der Waals surface area contributed by atoms with Crippen molar-refractivity contribution < 1.29 is 14.1 Å². The quantitative estimate of drug-likeness (QED) is 0.780. The summed E-state index contributed by atoms with van der Waals surface area (Å²) in [5, 5.41) is 3.89. The molecule has 2 aromatic rings. The van der Waals surface area contributed by atoms with E-state index in [2.05, 4.69) is 20.1 Å². The van der Waals surface area contributed by atoms with Crippen LogP contribution in [0.2, 0.25) is 0 Å². The van der Waals surface area contributed by atoms with Crippen LogP contribution in [0.1, 0.15) is 32.1 Å². The number of hydrogen-bond acceptors (Lipinski definition) is 7. The average Bonchev–Trinajstić information content (AvgIpc) is 2.89. The molecule has 2 aromatic heterocycles. The lowest BCUT2D eigenvalue weighted by atomic mass is 9.68. The highest BCUT2D eigenvalue weighted by Crippen LogP contribution is 2.44. The summed E-state index contributed by atoms with van der Waals surface area (Å²) in [4.78, 5) is 24.3. The van der Waals surface area contributed by atoms with Gasteiger partial charge in [0.15, 0.2) is 0 Å². The Morgan fingerprint density at radius 3 is 2.95 bits per heavy atom. The molecule has 0 amide bonds. The highest BCUT2D eigenvalue weighted by Gasteiger charge is 2.52. The number of esters is 1. The zero-order valence-electron chi connectivity index (χ0n) is 11.1. The van der Waals surface area contributed by atoms with E-state index in [4.69, 9.17) is 9.26 Å². The van der Waals surface area contributed by atoms with Crippen LogP contribution in [0.15, 0.2) is 23.1 Å². The first-order valence-corrected chi connectivity index (χ1v) is 6.54. The predicted octanol–water partition coefficient (Wildman–Crippen LogP) is 1.51. The van der Waals surface area contributed by atoms with E-state index in [9.17, 15) is 4.79 Å². The third-order valence-electron chi connectivity index (χ3n) is 3.52. The standard InChI is InChI=1S/C13H14N4O3/c1-2-19-12(18)13(5-3-6-13)11-16-10(17-20-11)9-4-7-14-8-15-9/h4,7-8H,2-3,5-6H2,1H3. The van der Waals surface area contributed by atoms with Crippen molar-refractivity contribution in [2.45, 2.75) is 31.6 Å². The summed E-state index contributed by atoms with van der Waals surface area (Å²) in [5.41, 5.74) is -0.206. The number of ether oxygens (including phenoxy) is 1. The lowest BCUT2D eigenvalue weighted by Crippen LogP contribution is -2.44. The Labute approximate surface area is 115 Å². The second-order valence-corrected chi connectivity index (χ2v) is 4.67. The fourth-order valence-corrected chi connectivity index (χ4v) is 2.25. The number of carbonyl (C=O) groups excluding carboxylic acids is 1. The van der Waals surface area contributed by atoms with Crippen molar-refractivity contribution >= 4 is 5.97 Å². The molecule has 0 spiro atoms. The van der Waals surface area contributed by atoms with Crippen molar-refractivity contribution in [3.05, 3.63) is 24.5 Å². The molecule has 7 heteroatoms. The highest BCUT2D eigenvalue weighted by atomic mass is 16.5. The zero-order valence-corrected chi connectivity index (χ0v) is 11.1. The Morgan fingerprint density at radius 1 is 1.50 bits per heavy atom. The van der Waals surface area contributed by atoms with Crippen LogP contribution in [0.5, 0.6) is 0 Å². The maximum atomic E-state index is 12.1. The topological polar surface area (TPSA) is 91.0 Å². The lowest BCUT2D eigenvalue weighted by molar-refractivity contribution is -0.155. The predicted molar refractivity (Wildman–Crippen MR) is 67.5 cm³/mol. The molecule has 7 nitrogen and oxygen atoms in total. The van der Waals surface area contributed by atoms with E-state index in [0.29, 0.717) is 36.9 Å². The van der Waals surface area contributed by atoms with Gasteiger partial charge in [-0.05, 0) is 25.8 Å². The Morgan fingerprint density at radius 2 is 2.35 bits per heavy atom. The number of rotatable bonds is 4. The van der Waals surface area contributed by atoms with Gasteiger partial charge in [-0.3, -0.25) is 4.79 Å². The second kappa shape index (κ2) is 4.99. The molecule has 0 aromatic carbocycles. The van der Waals surface area contributed by atoms with Crippen molar-refractivity contribution in [2.24, 2.45) is 0 Å². The van der Waals surface area contributed by atoms with Gasteiger partial charge < -0.3 is 9.26 Å². The van der Waals surface area contributed by atoms with Crippen molar-refractivity contribution in [3.8, 4) is 11.5 Å². The molecule has 20 heavy (non-hydrogen) atoms. The zero-order chi connectivity index (χ0) is 14.0. The first-order chi connectivity index (χ1) is 9.76. The van der Waals surface area contributed by atoms with E-state index in [1.165, 1.54) is 6.33 Å². The number of aromatic nitrogens is 4. The van der Waals surface area contributed by atoms with Gasteiger partial charge in [-0.25, -0.2) is 9.97 Å².